The number of aromatic nitrogens is 2. The fraction of sp³-hybridized carbons (Fsp3) is 0. The van der Waals surface area contributed by atoms with E-state index in [9.17, 15) is 9.59 Å². The molecule has 0 fully saturated rings. The Morgan fingerprint density at radius 3 is 2.30 bits per heavy atom. The average Bonchev–Trinajstić information content (AvgIpc) is 2.75. The summed E-state index contributed by atoms with van der Waals surface area (Å²) in [7, 11) is 0. The van der Waals surface area contributed by atoms with Gasteiger partial charge < -0.3 is 10.4 Å². The van der Waals surface area contributed by atoms with Crippen molar-refractivity contribution in [3.8, 4) is 0 Å². The van der Waals surface area contributed by atoms with Crippen LogP contribution in [0.2, 0.25) is 10.0 Å². The maximum Gasteiger partial charge on any atom is 0.353 e. The Labute approximate surface area is 122 Å². The fourth-order valence-corrected chi connectivity index (χ4v) is 1.93. The van der Waals surface area contributed by atoms with Crippen LogP contribution in [0.3, 0.4) is 0 Å². The van der Waals surface area contributed by atoms with Gasteiger partial charge in [-0.1, -0.05) is 23.2 Å². The minimum atomic E-state index is -1.17. The predicted octanol–water partition coefficient (Wildman–Crippen LogP) is 3.06. The fourth-order valence-electron chi connectivity index (χ4n) is 1.40. The molecule has 0 atom stereocenters. The average molecular weight is 315 g/mol. The van der Waals surface area contributed by atoms with Crippen LogP contribution in [-0.4, -0.2) is 27.3 Å². The van der Waals surface area contributed by atoms with Crippen LogP contribution < -0.4 is 10.6 Å². The molecule has 0 aliphatic heterocycles. The number of rotatable bonds is 3. The second kappa shape index (κ2) is 5.81. The highest BCUT2D eigenvalue weighted by Crippen LogP contribution is 2.22. The summed E-state index contributed by atoms with van der Waals surface area (Å²) in [5.41, 5.74) is 0.264. The Kier molecular flexibility index (Phi) is 4.11. The molecule has 0 saturated carbocycles. The standard InChI is InChI=1S/C11H8Cl2N4O3/c12-5-1-6(13)3-7(2-5)14-11(20)15-9-4-8(10(18)19)16-17-9/h1-4H,(H,18,19)(H3,14,15,16,17,20). The highest BCUT2D eigenvalue weighted by molar-refractivity contribution is 6.35. The van der Waals surface area contributed by atoms with Crippen LogP contribution in [0.4, 0.5) is 16.3 Å². The first-order valence-electron chi connectivity index (χ1n) is 5.27. The molecular formula is C11H8Cl2N4O3. The van der Waals surface area contributed by atoms with Gasteiger partial charge in [0.15, 0.2) is 5.82 Å². The van der Waals surface area contributed by atoms with Crippen LogP contribution in [-0.2, 0) is 0 Å². The molecule has 0 aliphatic carbocycles. The van der Waals surface area contributed by atoms with Gasteiger partial charge >= 0.3 is 12.0 Å². The van der Waals surface area contributed by atoms with Crippen molar-refractivity contribution in [3.63, 3.8) is 0 Å². The lowest BCUT2D eigenvalue weighted by molar-refractivity contribution is 0.0690. The molecule has 0 saturated heterocycles. The Hall–Kier alpha value is -2.25. The number of carboxylic acid groups (broad SMARTS) is 1. The number of amides is 2. The van der Waals surface area contributed by atoms with E-state index >= 15 is 0 Å². The molecule has 1 aromatic carbocycles. The SMILES string of the molecule is O=C(Nc1cc(Cl)cc(Cl)c1)Nc1cc(C(=O)O)[nH]n1. The van der Waals surface area contributed by atoms with Crippen LogP contribution >= 0.6 is 23.2 Å². The topological polar surface area (TPSA) is 107 Å². The largest absolute Gasteiger partial charge is 0.477 e. The molecule has 0 aliphatic rings. The van der Waals surface area contributed by atoms with Gasteiger partial charge in [0.2, 0.25) is 0 Å². The molecule has 1 aromatic heterocycles. The molecule has 2 aromatic rings. The molecule has 0 radical (unpaired) electrons. The number of aromatic amines is 1. The van der Waals surface area contributed by atoms with E-state index < -0.39 is 12.0 Å². The van der Waals surface area contributed by atoms with Crippen molar-refractivity contribution in [2.75, 3.05) is 10.6 Å². The summed E-state index contributed by atoms with van der Waals surface area (Å²) in [5.74, 6) is -1.10. The summed E-state index contributed by atoms with van der Waals surface area (Å²) >= 11 is 11.6. The van der Waals surface area contributed by atoms with Gasteiger partial charge in [-0.25, -0.2) is 9.59 Å². The van der Waals surface area contributed by atoms with Crippen LogP contribution in [0, 0.1) is 0 Å². The van der Waals surface area contributed by atoms with Gasteiger partial charge in [-0.3, -0.25) is 10.4 Å². The van der Waals surface area contributed by atoms with Crippen molar-refractivity contribution in [2.24, 2.45) is 0 Å². The van der Waals surface area contributed by atoms with E-state index in [0.717, 1.165) is 0 Å². The highest BCUT2D eigenvalue weighted by atomic mass is 35.5. The van der Waals surface area contributed by atoms with Crippen molar-refractivity contribution in [1.82, 2.24) is 10.2 Å². The number of H-pyrrole nitrogens is 1. The van der Waals surface area contributed by atoms with Gasteiger partial charge in [0.05, 0.1) is 0 Å². The highest BCUT2D eigenvalue weighted by Gasteiger charge is 2.10. The number of carbonyl (C=O) groups is 2. The minimum Gasteiger partial charge on any atom is -0.477 e. The van der Waals surface area contributed by atoms with E-state index in [1.807, 2.05) is 0 Å². The number of nitrogens with one attached hydrogen (secondary N) is 3. The lowest BCUT2D eigenvalue weighted by Gasteiger charge is -2.06. The second-order valence-electron chi connectivity index (χ2n) is 3.71. The van der Waals surface area contributed by atoms with Crippen molar-refractivity contribution in [3.05, 3.63) is 40.0 Å². The van der Waals surface area contributed by atoms with E-state index in [1.54, 1.807) is 0 Å². The van der Waals surface area contributed by atoms with Crippen molar-refractivity contribution in [2.45, 2.75) is 0 Å². The second-order valence-corrected chi connectivity index (χ2v) is 4.58. The molecule has 0 bridgehead atoms. The number of halogens is 2. The maximum atomic E-state index is 11.7. The molecule has 104 valence electrons. The van der Waals surface area contributed by atoms with E-state index in [4.69, 9.17) is 28.3 Å². The third-order valence-corrected chi connectivity index (χ3v) is 2.61. The van der Waals surface area contributed by atoms with Gasteiger partial charge in [0.25, 0.3) is 0 Å². The molecule has 2 rings (SSSR count). The number of aromatic carboxylic acids is 1. The Bertz CT molecular complexity index is 651. The molecule has 20 heavy (non-hydrogen) atoms. The summed E-state index contributed by atoms with van der Waals surface area (Å²) in [4.78, 5) is 22.3. The van der Waals surface area contributed by atoms with Crippen molar-refractivity contribution >= 4 is 46.7 Å². The van der Waals surface area contributed by atoms with Crippen molar-refractivity contribution < 1.29 is 14.7 Å². The lowest BCUT2D eigenvalue weighted by atomic mass is 10.3. The van der Waals surface area contributed by atoms with Gasteiger partial charge in [-0.05, 0) is 18.2 Å². The lowest BCUT2D eigenvalue weighted by Crippen LogP contribution is -2.19. The summed E-state index contributed by atoms with van der Waals surface area (Å²) < 4.78 is 0. The van der Waals surface area contributed by atoms with Crippen LogP contribution in [0.1, 0.15) is 10.5 Å². The van der Waals surface area contributed by atoms with Crippen molar-refractivity contribution in [1.29, 1.82) is 0 Å². The summed E-state index contributed by atoms with van der Waals surface area (Å²) in [6, 6.07) is 5.14. The molecule has 0 unspecified atom stereocenters. The van der Waals surface area contributed by atoms with Crippen LogP contribution in [0.15, 0.2) is 24.3 Å². The number of anilines is 2. The molecule has 2 amide bonds. The number of hydrogen-bond donors (Lipinski definition) is 4. The number of carbonyl (C=O) groups excluding carboxylic acids is 1. The first-order valence-corrected chi connectivity index (χ1v) is 6.02. The van der Waals surface area contributed by atoms with E-state index in [2.05, 4.69) is 20.8 Å². The molecule has 4 N–H and O–H groups in total. The van der Waals surface area contributed by atoms with Gasteiger partial charge in [0.1, 0.15) is 5.69 Å². The maximum absolute atomic E-state index is 11.7. The van der Waals surface area contributed by atoms with Gasteiger partial charge in [-0.15, -0.1) is 0 Å². The number of urea groups is 1. The summed E-state index contributed by atoms with van der Waals surface area (Å²) in [6.45, 7) is 0. The number of hydrogen-bond acceptors (Lipinski definition) is 3. The molecule has 1 heterocycles. The zero-order valence-corrected chi connectivity index (χ0v) is 11.3. The summed E-state index contributed by atoms with van der Waals surface area (Å²) in [6.07, 6.45) is 0. The number of carboxylic acids is 1. The third kappa shape index (κ3) is 3.62. The third-order valence-electron chi connectivity index (χ3n) is 2.17. The van der Waals surface area contributed by atoms with Gasteiger partial charge in [0, 0.05) is 21.8 Å². The molecule has 0 spiro atoms. The number of benzene rings is 1. The monoisotopic (exact) mass is 314 g/mol. The minimum absolute atomic E-state index is 0.0769. The van der Waals surface area contributed by atoms with E-state index in [1.165, 1.54) is 24.3 Å². The Balaban J connectivity index is 2.03. The normalized spacial score (nSPS) is 10.1. The summed E-state index contributed by atoms with van der Waals surface area (Å²) in [5, 5.41) is 20.2. The zero-order chi connectivity index (χ0) is 14.7. The zero-order valence-electron chi connectivity index (χ0n) is 9.78. The molecular weight excluding hydrogens is 307 g/mol. The first kappa shape index (κ1) is 14.2. The van der Waals surface area contributed by atoms with Crippen LogP contribution in [0.25, 0.3) is 0 Å². The number of nitrogens with zero attached hydrogens (tertiary/aromatic N) is 1. The van der Waals surface area contributed by atoms with Crippen LogP contribution in [0.5, 0.6) is 0 Å². The quantitative estimate of drug-likeness (QED) is 0.698. The first-order chi connectivity index (χ1) is 9.44. The molecule has 7 nitrogen and oxygen atoms in total. The molecule has 9 heteroatoms. The predicted molar refractivity (Wildman–Crippen MR) is 74.7 cm³/mol. The van der Waals surface area contributed by atoms with E-state index in [-0.39, 0.29) is 11.5 Å². The Morgan fingerprint density at radius 2 is 1.75 bits per heavy atom. The van der Waals surface area contributed by atoms with E-state index in [0.29, 0.717) is 15.7 Å². The Morgan fingerprint density at radius 1 is 1.10 bits per heavy atom. The van der Waals surface area contributed by atoms with Gasteiger partial charge in [-0.2, -0.15) is 5.10 Å². The smallest absolute Gasteiger partial charge is 0.353 e.